The average molecular weight is 315 g/mol. The van der Waals surface area contributed by atoms with Crippen LogP contribution in [0.2, 0.25) is 4.34 Å². The van der Waals surface area contributed by atoms with E-state index in [9.17, 15) is 0 Å². The summed E-state index contributed by atoms with van der Waals surface area (Å²) in [5.41, 5.74) is 0. The van der Waals surface area contributed by atoms with Gasteiger partial charge in [0.25, 0.3) is 0 Å². The Morgan fingerprint density at radius 2 is 1.95 bits per heavy atom. The van der Waals surface area contributed by atoms with Crippen LogP contribution in [-0.4, -0.2) is 55.2 Å². The Balaban J connectivity index is 1.40. The molecule has 3 heterocycles. The molecule has 112 valence electrons. The molecule has 0 bridgehead atoms. The second kappa shape index (κ2) is 7.23. The van der Waals surface area contributed by atoms with Gasteiger partial charge in [-0.05, 0) is 31.4 Å². The third kappa shape index (κ3) is 4.18. The first-order chi connectivity index (χ1) is 9.79. The van der Waals surface area contributed by atoms with Crippen molar-refractivity contribution in [3.8, 4) is 0 Å². The van der Waals surface area contributed by atoms with Crippen molar-refractivity contribution in [3.63, 3.8) is 0 Å². The Labute approximate surface area is 130 Å². The fraction of sp³-hybridized carbons (Fsp3) is 0.733. The summed E-state index contributed by atoms with van der Waals surface area (Å²) < 4.78 is 6.73. The van der Waals surface area contributed by atoms with Crippen LogP contribution >= 0.6 is 22.9 Å². The number of rotatable bonds is 4. The molecule has 2 aliphatic heterocycles. The number of ether oxygens (including phenoxy) is 1. The van der Waals surface area contributed by atoms with Crippen molar-refractivity contribution in [2.45, 2.75) is 31.9 Å². The van der Waals surface area contributed by atoms with Gasteiger partial charge in [0.2, 0.25) is 0 Å². The van der Waals surface area contributed by atoms with E-state index in [0.717, 1.165) is 37.1 Å². The van der Waals surface area contributed by atoms with Crippen LogP contribution in [0.3, 0.4) is 0 Å². The summed E-state index contributed by atoms with van der Waals surface area (Å²) in [5.74, 6) is 0. The summed E-state index contributed by atoms with van der Waals surface area (Å²) in [6, 6.07) is 4.15. The molecule has 1 aromatic rings. The lowest BCUT2D eigenvalue weighted by molar-refractivity contribution is -0.0145. The van der Waals surface area contributed by atoms with Gasteiger partial charge >= 0.3 is 0 Å². The smallest absolute Gasteiger partial charge is 0.0931 e. The highest BCUT2D eigenvalue weighted by Gasteiger charge is 2.22. The zero-order valence-corrected chi connectivity index (χ0v) is 13.5. The van der Waals surface area contributed by atoms with Gasteiger partial charge in [-0.15, -0.1) is 11.3 Å². The number of hydrogen-bond donors (Lipinski definition) is 0. The van der Waals surface area contributed by atoms with Gasteiger partial charge in [-0.3, -0.25) is 9.80 Å². The van der Waals surface area contributed by atoms with E-state index in [0.29, 0.717) is 6.10 Å². The lowest BCUT2D eigenvalue weighted by atomic mass is 10.1. The normalized spacial score (nSPS) is 25.9. The molecule has 0 radical (unpaired) electrons. The maximum atomic E-state index is 5.99. The van der Waals surface area contributed by atoms with Crippen LogP contribution in [0.5, 0.6) is 0 Å². The molecule has 2 saturated heterocycles. The predicted octanol–water partition coefficient (Wildman–Crippen LogP) is 3.09. The molecule has 1 atom stereocenters. The molecule has 3 rings (SSSR count). The van der Waals surface area contributed by atoms with Crippen LogP contribution in [0.25, 0.3) is 0 Å². The summed E-state index contributed by atoms with van der Waals surface area (Å²) in [7, 11) is 0. The molecule has 0 aromatic carbocycles. The van der Waals surface area contributed by atoms with Crippen LogP contribution in [0, 0.1) is 0 Å². The van der Waals surface area contributed by atoms with Gasteiger partial charge in [-0.2, -0.15) is 0 Å². The first kappa shape index (κ1) is 14.8. The Bertz CT molecular complexity index is 412. The van der Waals surface area contributed by atoms with Crippen molar-refractivity contribution < 1.29 is 4.74 Å². The quantitative estimate of drug-likeness (QED) is 0.849. The van der Waals surface area contributed by atoms with Crippen molar-refractivity contribution in [3.05, 3.63) is 21.3 Å². The fourth-order valence-electron chi connectivity index (χ4n) is 3.03. The van der Waals surface area contributed by atoms with Crippen molar-refractivity contribution in [1.29, 1.82) is 0 Å². The Kier molecular flexibility index (Phi) is 5.35. The van der Waals surface area contributed by atoms with E-state index in [-0.39, 0.29) is 0 Å². The molecule has 5 heteroatoms. The minimum atomic E-state index is 0.478. The lowest BCUT2D eigenvalue weighted by Gasteiger charge is -2.37. The molecule has 20 heavy (non-hydrogen) atoms. The molecule has 0 spiro atoms. The van der Waals surface area contributed by atoms with Gasteiger partial charge in [0.1, 0.15) is 0 Å². The second-order valence-electron chi connectivity index (χ2n) is 5.77. The van der Waals surface area contributed by atoms with E-state index in [1.165, 1.54) is 37.2 Å². The number of halogens is 1. The van der Waals surface area contributed by atoms with E-state index in [1.807, 2.05) is 6.07 Å². The highest BCUT2D eigenvalue weighted by Crippen LogP contribution is 2.23. The molecule has 2 aliphatic rings. The summed E-state index contributed by atoms with van der Waals surface area (Å²) in [5, 5.41) is 0. The first-order valence-corrected chi connectivity index (χ1v) is 8.79. The monoisotopic (exact) mass is 314 g/mol. The van der Waals surface area contributed by atoms with Crippen molar-refractivity contribution in [2.75, 3.05) is 39.3 Å². The Hall–Kier alpha value is -0.130. The molecule has 1 aromatic heterocycles. The lowest BCUT2D eigenvalue weighted by Crippen LogP contribution is -2.48. The SMILES string of the molecule is Clc1ccc(CN2CCN(C[C@@H]3CCCCO3)CC2)s1. The van der Waals surface area contributed by atoms with E-state index in [1.54, 1.807) is 11.3 Å². The fourth-order valence-corrected chi connectivity index (χ4v) is 4.16. The molecule has 0 N–H and O–H groups in total. The number of nitrogens with zero attached hydrogens (tertiary/aromatic N) is 2. The third-order valence-electron chi connectivity index (χ3n) is 4.21. The van der Waals surface area contributed by atoms with Crippen LogP contribution in [-0.2, 0) is 11.3 Å². The van der Waals surface area contributed by atoms with Crippen molar-refractivity contribution in [2.24, 2.45) is 0 Å². The third-order valence-corrected chi connectivity index (χ3v) is 5.42. The Morgan fingerprint density at radius 3 is 2.60 bits per heavy atom. The van der Waals surface area contributed by atoms with Crippen LogP contribution in [0.4, 0.5) is 0 Å². The maximum absolute atomic E-state index is 5.99. The highest BCUT2D eigenvalue weighted by molar-refractivity contribution is 7.16. The van der Waals surface area contributed by atoms with E-state index in [2.05, 4.69) is 15.9 Å². The van der Waals surface area contributed by atoms with E-state index in [4.69, 9.17) is 16.3 Å². The maximum Gasteiger partial charge on any atom is 0.0931 e. The standard InChI is InChI=1S/C15H23ClN2OS/c16-15-5-4-14(20-15)12-18-8-6-17(7-9-18)11-13-3-1-2-10-19-13/h4-5,13H,1-3,6-12H2/t13-/m0/s1. The predicted molar refractivity (Wildman–Crippen MR) is 84.6 cm³/mol. The van der Waals surface area contributed by atoms with Gasteiger partial charge < -0.3 is 4.74 Å². The van der Waals surface area contributed by atoms with Crippen LogP contribution in [0.15, 0.2) is 12.1 Å². The molecule has 0 amide bonds. The van der Waals surface area contributed by atoms with Crippen molar-refractivity contribution in [1.82, 2.24) is 9.80 Å². The highest BCUT2D eigenvalue weighted by atomic mass is 35.5. The van der Waals surface area contributed by atoms with Gasteiger partial charge in [0.15, 0.2) is 0 Å². The zero-order chi connectivity index (χ0) is 13.8. The molecule has 0 saturated carbocycles. The molecular formula is C15H23ClN2OS. The molecule has 3 nitrogen and oxygen atoms in total. The molecule has 0 aliphatic carbocycles. The van der Waals surface area contributed by atoms with Gasteiger partial charge in [-0.25, -0.2) is 0 Å². The van der Waals surface area contributed by atoms with Crippen LogP contribution < -0.4 is 0 Å². The minimum absolute atomic E-state index is 0.478. The number of hydrogen-bond acceptors (Lipinski definition) is 4. The summed E-state index contributed by atoms with van der Waals surface area (Å²) in [6.07, 6.45) is 4.30. The number of thiophene rings is 1. The summed E-state index contributed by atoms with van der Waals surface area (Å²) in [6.45, 7) is 7.77. The largest absolute Gasteiger partial charge is 0.377 e. The average Bonchev–Trinajstić information content (AvgIpc) is 2.88. The van der Waals surface area contributed by atoms with Crippen LogP contribution in [0.1, 0.15) is 24.1 Å². The van der Waals surface area contributed by atoms with Gasteiger partial charge in [0, 0.05) is 50.8 Å². The number of piperazine rings is 1. The minimum Gasteiger partial charge on any atom is -0.377 e. The van der Waals surface area contributed by atoms with Gasteiger partial charge in [0.05, 0.1) is 10.4 Å². The molecular weight excluding hydrogens is 292 g/mol. The molecule has 0 unspecified atom stereocenters. The summed E-state index contributed by atoms with van der Waals surface area (Å²) in [4.78, 5) is 6.47. The second-order valence-corrected chi connectivity index (χ2v) is 7.57. The molecule has 2 fully saturated rings. The van der Waals surface area contributed by atoms with Gasteiger partial charge in [-0.1, -0.05) is 11.6 Å². The van der Waals surface area contributed by atoms with E-state index < -0.39 is 0 Å². The summed E-state index contributed by atoms with van der Waals surface area (Å²) >= 11 is 7.69. The van der Waals surface area contributed by atoms with Crippen molar-refractivity contribution >= 4 is 22.9 Å². The zero-order valence-electron chi connectivity index (χ0n) is 11.9. The van der Waals surface area contributed by atoms with E-state index >= 15 is 0 Å². The Morgan fingerprint density at radius 1 is 1.15 bits per heavy atom. The first-order valence-electron chi connectivity index (χ1n) is 7.60. The topological polar surface area (TPSA) is 15.7 Å².